The number of hydrogen-bond acceptors (Lipinski definition) is 4. The summed E-state index contributed by atoms with van der Waals surface area (Å²) in [5, 5.41) is 0. The van der Waals surface area contributed by atoms with Crippen molar-refractivity contribution in [1.29, 1.82) is 0 Å². The first-order valence-electron chi connectivity index (χ1n) is 2.66. The fraction of sp³-hybridized carbons (Fsp3) is 1.00. The molecule has 0 fully saturated rings. The van der Waals surface area contributed by atoms with Crippen molar-refractivity contribution in [2.24, 2.45) is 0 Å². The zero-order chi connectivity index (χ0) is 8.57. The van der Waals surface area contributed by atoms with E-state index in [4.69, 9.17) is 0 Å². The fourth-order valence-corrected chi connectivity index (χ4v) is 0. The maximum Gasteiger partial charge on any atom is 2.00 e. The van der Waals surface area contributed by atoms with Crippen LogP contribution in [-0.2, 0) is 22.2 Å². The molecule has 0 aromatic carbocycles. The van der Waals surface area contributed by atoms with E-state index in [1.54, 1.807) is 13.8 Å². The van der Waals surface area contributed by atoms with Gasteiger partial charge in [-0.05, 0) is 0 Å². The summed E-state index contributed by atoms with van der Waals surface area (Å²) < 4.78 is 37.5. The van der Waals surface area contributed by atoms with Crippen LogP contribution >= 0.6 is 0 Å². The standard InChI is InChI=1S/2C2H6O2S.Mg/c2*1-2-5(3)4;/h2*2H2,1H3,(H,3,4);/q;;+2/p-2. The van der Waals surface area contributed by atoms with Gasteiger partial charge in [0.25, 0.3) is 0 Å². The Labute approximate surface area is 87.9 Å². The molecule has 0 aliphatic rings. The molecule has 0 heterocycles. The minimum Gasteiger partial charge on any atom is -0.772 e. The number of hydrogen-bond donors (Lipinski definition) is 0. The second kappa shape index (κ2) is 13.6. The fourth-order valence-electron chi connectivity index (χ4n) is 0. The van der Waals surface area contributed by atoms with Crippen LogP contribution in [0.5, 0.6) is 0 Å². The molecule has 0 aliphatic carbocycles. The quantitative estimate of drug-likeness (QED) is 0.450. The molecule has 7 heteroatoms. The van der Waals surface area contributed by atoms with Crippen LogP contribution in [-0.4, -0.2) is 52.1 Å². The van der Waals surface area contributed by atoms with Crippen molar-refractivity contribution in [2.45, 2.75) is 13.8 Å². The molecule has 0 saturated carbocycles. The largest absolute Gasteiger partial charge is 2.00 e. The van der Waals surface area contributed by atoms with E-state index < -0.39 is 22.2 Å². The van der Waals surface area contributed by atoms with Gasteiger partial charge >= 0.3 is 23.1 Å². The van der Waals surface area contributed by atoms with Gasteiger partial charge in [0.1, 0.15) is 0 Å². The van der Waals surface area contributed by atoms with Crippen LogP contribution in [0.3, 0.4) is 0 Å². The summed E-state index contributed by atoms with van der Waals surface area (Å²) in [6, 6.07) is 0. The number of rotatable bonds is 2. The van der Waals surface area contributed by atoms with Crippen LogP contribution in [0.15, 0.2) is 0 Å². The first-order valence-corrected chi connectivity index (χ1v) is 5.15. The molecule has 2 atom stereocenters. The van der Waals surface area contributed by atoms with Gasteiger partial charge in [-0.2, -0.15) is 0 Å². The molecule has 0 saturated heterocycles. The van der Waals surface area contributed by atoms with Crippen molar-refractivity contribution in [2.75, 3.05) is 11.5 Å². The Morgan fingerprint density at radius 1 is 1.00 bits per heavy atom. The van der Waals surface area contributed by atoms with E-state index >= 15 is 0 Å². The van der Waals surface area contributed by atoms with Crippen molar-refractivity contribution < 1.29 is 17.5 Å². The van der Waals surface area contributed by atoms with Crippen molar-refractivity contribution in [3.05, 3.63) is 0 Å². The topological polar surface area (TPSA) is 80.3 Å². The third-order valence-corrected chi connectivity index (χ3v) is 1.41. The van der Waals surface area contributed by atoms with Gasteiger partial charge in [-0.1, -0.05) is 36.0 Å². The van der Waals surface area contributed by atoms with Crippen molar-refractivity contribution >= 4 is 45.2 Å². The SMILES string of the molecule is CCS(=O)[O-].CCS(=O)[O-].[Mg+2]. The van der Waals surface area contributed by atoms with Gasteiger partial charge in [0, 0.05) is 11.5 Å². The van der Waals surface area contributed by atoms with Gasteiger partial charge in [0.15, 0.2) is 0 Å². The van der Waals surface area contributed by atoms with Gasteiger partial charge in [-0.15, -0.1) is 0 Å². The van der Waals surface area contributed by atoms with E-state index in [0.717, 1.165) is 0 Å². The molecule has 0 rings (SSSR count). The molecule has 4 nitrogen and oxygen atoms in total. The molecular formula is C4H10MgO4S2. The summed E-state index contributed by atoms with van der Waals surface area (Å²) in [4.78, 5) is 0. The maximum absolute atomic E-state index is 9.37. The Hall–Kier alpha value is 0.986. The molecule has 2 unspecified atom stereocenters. The minimum absolute atomic E-state index is 0. The van der Waals surface area contributed by atoms with Crippen LogP contribution in [0.1, 0.15) is 13.8 Å². The predicted molar refractivity (Wildman–Crippen MR) is 44.7 cm³/mol. The van der Waals surface area contributed by atoms with Gasteiger partial charge in [0.05, 0.1) is 0 Å². The van der Waals surface area contributed by atoms with E-state index in [9.17, 15) is 17.5 Å². The van der Waals surface area contributed by atoms with Crippen LogP contribution in [0.4, 0.5) is 0 Å². The molecule has 64 valence electrons. The van der Waals surface area contributed by atoms with Crippen LogP contribution in [0.2, 0.25) is 0 Å². The summed E-state index contributed by atoms with van der Waals surface area (Å²) in [5.74, 6) is 0.444. The van der Waals surface area contributed by atoms with Gasteiger partial charge in [0.2, 0.25) is 0 Å². The molecule has 0 radical (unpaired) electrons. The summed E-state index contributed by atoms with van der Waals surface area (Å²) in [7, 11) is 0. The Morgan fingerprint density at radius 3 is 1.09 bits per heavy atom. The molecule has 0 aromatic heterocycles. The first kappa shape index (κ1) is 17.9. The first-order chi connectivity index (χ1) is 4.54. The monoisotopic (exact) mass is 210 g/mol. The van der Waals surface area contributed by atoms with Crippen LogP contribution in [0, 0.1) is 0 Å². The van der Waals surface area contributed by atoms with E-state index in [1.807, 2.05) is 0 Å². The summed E-state index contributed by atoms with van der Waals surface area (Å²) >= 11 is -3.65. The zero-order valence-electron chi connectivity index (χ0n) is 6.57. The Kier molecular flexibility index (Phi) is 22.1. The molecule has 0 amide bonds. The molecule has 0 aliphatic heterocycles. The molecule has 11 heavy (non-hydrogen) atoms. The summed E-state index contributed by atoms with van der Waals surface area (Å²) in [6.45, 7) is 3.17. The molecule has 0 bridgehead atoms. The van der Waals surface area contributed by atoms with Crippen LogP contribution < -0.4 is 0 Å². The third kappa shape index (κ3) is 35.7. The second-order valence-electron chi connectivity index (χ2n) is 1.18. The molecule has 0 N–H and O–H groups in total. The Morgan fingerprint density at radius 2 is 1.09 bits per heavy atom. The van der Waals surface area contributed by atoms with Gasteiger partial charge in [-0.25, -0.2) is 0 Å². The van der Waals surface area contributed by atoms with E-state index in [0.29, 0.717) is 0 Å². The zero-order valence-corrected chi connectivity index (χ0v) is 9.62. The Bertz CT molecular complexity index is 105. The minimum atomic E-state index is -1.82. The van der Waals surface area contributed by atoms with Crippen molar-refractivity contribution in [3.63, 3.8) is 0 Å². The molecule has 0 aromatic rings. The third-order valence-electron chi connectivity index (χ3n) is 0.471. The summed E-state index contributed by atoms with van der Waals surface area (Å²) in [6.07, 6.45) is 0. The smallest absolute Gasteiger partial charge is 0.772 e. The average Bonchev–Trinajstić information content (AvgIpc) is 1.89. The van der Waals surface area contributed by atoms with Crippen LogP contribution in [0.25, 0.3) is 0 Å². The van der Waals surface area contributed by atoms with E-state index in [2.05, 4.69) is 0 Å². The van der Waals surface area contributed by atoms with E-state index in [-0.39, 0.29) is 34.6 Å². The maximum atomic E-state index is 9.37. The van der Waals surface area contributed by atoms with Crippen molar-refractivity contribution in [1.82, 2.24) is 0 Å². The van der Waals surface area contributed by atoms with Crippen molar-refractivity contribution in [3.8, 4) is 0 Å². The van der Waals surface area contributed by atoms with Gasteiger partial charge < -0.3 is 9.11 Å². The normalized spacial score (nSPS) is 13.5. The van der Waals surface area contributed by atoms with Gasteiger partial charge in [-0.3, -0.25) is 8.42 Å². The Balaban J connectivity index is -0.000000107. The average molecular weight is 211 g/mol. The second-order valence-corrected chi connectivity index (χ2v) is 3.55. The predicted octanol–water partition coefficient (Wildman–Crippen LogP) is -0.610. The molecule has 0 spiro atoms. The van der Waals surface area contributed by atoms with E-state index in [1.165, 1.54) is 0 Å². The summed E-state index contributed by atoms with van der Waals surface area (Å²) in [5.41, 5.74) is 0. The molecular weight excluding hydrogens is 200 g/mol.